The molecule has 13 heteroatoms. The molecule has 40 heavy (non-hydrogen) atoms. The summed E-state index contributed by atoms with van der Waals surface area (Å²) in [6, 6.07) is 4.85. The third-order valence-electron chi connectivity index (χ3n) is 6.63. The highest BCUT2D eigenvalue weighted by atomic mass is 16.6. The molecule has 3 atom stereocenters. The first-order chi connectivity index (χ1) is 19.1. The summed E-state index contributed by atoms with van der Waals surface area (Å²) in [5.74, 6) is -1.90. The predicted molar refractivity (Wildman–Crippen MR) is 142 cm³/mol. The number of carbonyl (C=O) groups excluding carboxylic acids is 4. The van der Waals surface area contributed by atoms with Gasteiger partial charge in [0.2, 0.25) is 12.0 Å². The number of carbonyl (C=O) groups is 4. The van der Waals surface area contributed by atoms with Crippen molar-refractivity contribution in [2.24, 2.45) is 5.92 Å². The predicted octanol–water partition coefficient (Wildman–Crippen LogP) is 1.07. The highest BCUT2D eigenvalue weighted by Crippen LogP contribution is 2.30. The Balaban J connectivity index is 1.76. The molecule has 13 nitrogen and oxygen atoms in total. The third-order valence-corrected chi connectivity index (χ3v) is 6.63. The van der Waals surface area contributed by atoms with Crippen molar-refractivity contribution < 1.29 is 33.4 Å². The molecule has 1 aliphatic rings. The van der Waals surface area contributed by atoms with E-state index in [0.29, 0.717) is 5.65 Å². The summed E-state index contributed by atoms with van der Waals surface area (Å²) < 4.78 is 17.7. The van der Waals surface area contributed by atoms with Crippen LogP contribution in [0.2, 0.25) is 0 Å². The average molecular weight is 553 g/mol. The summed E-state index contributed by atoms with van der Waals surface area (Å²) in [5, 5.41) is 9.89. The number of nitrogens with zero attached hydrogens (tertiary/aromatic N) is 4. The van der Waals surface area contributed by atoms with Crippen LogP contribution >= 0.6 is 0 Å². The molecule has 212 valence electrons. The summed E-state index contributed by atoms with van der Waals surface area (Å²) in [4.78, 5) is 58.6. The van der Waals surface area contributed by atoms with Crippen molar-refractivity contribution in [3.05, 3.63) is 54.0 Å². The number of fused-ring (bicyclic) bond motifs is 3. The van der Waals surface area contributed by atoms with Gasteiger partial charge in [0.1, 0.15) is 5.56 Å². The number of hydrogen-bond donors (Lipinski definition) is 2. The lowest BCUT2D eigenvalue weighted by atomic mass is 10.0. The average Bonchev–Trinajstić information content (AvgIpc) is 3.37. The Morgan fingerprint density at radius 2 is 1.95 bits per heavy atom. The van der Waals surface area contributed by atoms with E-state index in [-0.39, 0.29) is 41.6 Å². The summed E-state index contributed by atoms with van der Waals surface area (Å²) in [5.41, 5.74) is 0.784. The molecule has 0 saturated heterocycles. The molecule has 0 spiro atoms. The van der Waals surface area contributed by atoms with Crippen LogP contribution in [0.15, 0.2) is 42.9 Å². The first-order valence-electron chi connectivity index (χ1n) is 12.7. The Hall–Kier alpha value is -4.68. The number of aromatic nitrogens is 3. The van der Waals surface area contributed by atoms with Gasteiger partial charge >= 0.3 is 5.97 Å². The number of hydrogen-bond acceptors (Lipinski definition) is 9. The maximum Gasteiger partial charge on any atom is 0.349 e. The second kappa shape index (κ2) is 12.0. The van der Waals surface area contributed by atoms with Crippen LogP contribution in [0, 0.1) is 5.92 Å². The van der Waals surface area contributed by atoms with E-state index in [1.165, 1.54) is 42.1 Å². The monoisotopic (exact) mass is 552 g/mol. The Bertz CT molecular complexity index is 1420. The lowest BCUT2D eigenvalue weighted by Crippen LogP contribution is -2.54. The van der Waals surface area contributed by atoms with Crippen molar-refractivity contribution in [1.29, 1.82) is 0 Å². The Morgan fingerprint density at radius 3 is 2.65 bits per heavy atom. The van der Waals surface area contributed by atoms with Crippen molar-refractivity contribution in [2.75, 3.05) is 27.3 Å². The molecule has 3 aromatic rings. The van der Waals surface area contributed by atoms with Gasteiger partial charge in [-0.1, -0.05) is 13.8 Å². The number of ether oxygens (including phenoxy) is 3. The van der Waals surface area contributed by atoms with Crippen LogP contribution in [0.25, 0.3) is 5.65 Å². The zero-order valence-electron chi connectivity index (χ0n) is 22.9. The van der Waals surface area contributed by atoms with E-state index < -0.39 is 41.9 Å². The van der Waals surface area contributed by atoms with Gasteiger partial charge in [-0.05, 0) is 37.1 Å². The van der Waals surface area contributed by atoms with Gasteiger partial charge in [-0.25, -0.2) is 14.3 Å². The van der Waals surface area contributed by atoms with Crippen LogP contribution in [-0.2, 0) is 14.3 Å². The van der Waals surface area contributed by atoms with Crippen molar-refractivity contribution >= 4 is 29.3 Å². The topological polar surface area (TPSA) is 153 Å². The largest absolute Gasteiger partial charge is 0.493 e. The van der Waals surface area contributed by atoms with Crippen LogP contribution in [0.4, 0.5) is 0 Å². The van der Waals surface area contributed by atoms with Gasteiger partial charge in [-0.3, -0.25) is 14.4 Å². The maximum atomic E-state index is 13.8. The van der Waals surface area contributed by atoms with E-state index in [4.69, 9.17) is 14.2 Å². The zero-order valence-corrected chi connectivity index (χ0v) is 22.9. The SMILES string of the molecule is COC(=O)[C@@H]1Oc2cc(ccc2OC)C(=O)N[C@@H](C(C)C)CN(C(=O)c2cnn3cccnc23)CC(=O)N[C@H]1C. The van der Waals surface area contributed by atoms with E-state index in [1.54, 1.807) is 31.3 Å². The Morgan fingerprint density at radius 1 is 1.18 bits per heavy atom. The normalized spacial score (nSPS) is 20.2. The van der Waals surface area contributed by atoms with E-state index in [2.05, 4.69) is 20.7 Å². The third kappa shape index (κ3) is 5.98. The Labute approximate surface area is 230 Å². The molecule has 0 fully saturated rings. The van der Waals surface area contributed by atoms with Crippen molar-refractivity contribution in [1.82, 2.24) is 30.1 Å². The molecule has 0 aliphatic carbocycles. The molecule has 0 radical (unpaired) electrons. The summed E-state index contributed by atoms with van der Waals surface area (Å²) in [7, 11) is 2.63. The van der Waals surface area contributed by atoms with Crippen LogP contribution in [0.5, 0.6) is 11.5 Å². The number of benzene rings is 1. The van der Waals surface area contributed by atoms with E-state index in [0.717, 1.165) is 0 Å². The van der Waals surface area contributed by atoms with Gasteiger partial charge in [-0.2, -0.15) is 5.10 Å². The fraction of sp³-hybridized carbons (Fsp3) is 0.407. The lowest BCUT2D eigenvalue weighted by molar-refractivity contribution is -0.150. The number of rotatable bonds is 4. The molecule has 1 aromatic carbocycles. The minimum atomic E-state index is -1.28. The Kier molecular flexibility index (Phi) is 8.51. The first-order valence-corrected chi connectivity index (χ1v) is 12.7. The van der Waals surface area contributed by atoms with Crippen molar-refractivity contribution in [3.8, 4) is 11.5 Å². The molecule has 2 bridgehead atoms. The molecular formula is C27H32N6O7. The minimum absolute atomic E-state index is 0.0220. The number of esters is 1. The van der Waals surface area contributed by atoms with Crippen LogP contribution in [0.3, 0.4) is 0 Å². The van der Waals surface area contributed by atoms with Crippen molar-refractivity contribution in [2.45, 2.75) is 39.0 Å². The molecular weight excluding hydrogens is 520 g/mol. The van der Waals surface area contributed by atoms with Crippen LogP contribution in [0.1, 0.15) is 41.5 Å². The summed E-state index contributed by atoms with van der Waals surface area (Å²) in [6.07, 6.45) is 3.31. The van der Waals surface area contributed by atoms with Crippen LogP contribution in [-0.4, -0.2) is 88.7 Å². The van der Waals surface area contributed by atoms with E-state index in [9.17, 15) is 19.2 Å². The first kappa shape index (κ1) is 28.3. The zero-order chi connectivity index (χ0) is 29.0. The molecule has 2 aromatic heterocycles. The second-order valence-electron chi connectivity index (χ2n) is 9.74. The standard InChI is InChI=1S/C27H32N6O7/c1-15(2)19-13-32(26(36)18-12-29-33-10-6-9-28-24(18)33)14-22(34)30-16(3)23(27(37)39-5)40-21-11-17(25(35)31-19)7-8-20(21)38-4/h6-12,15-16,19,23H,13-14H2,1-5H3,(H,30,34)(H,31,35)/t16-,19+,23+/m0/s1. The summed E-state index contributed by atoms with van der Waals surface area (Å²) in [6.45, 7) is 5.04. The molecule has 3 heterocycles. The molecule has 0 saturated carbocycles. The molecule has 4 rings (SSSR count). The number of methoxy groups -OCH3 is 2. The maximum absolute atomic E-state index is 13.8. The van der Waals surface area contributed by atoms with E-state index in [1.807, 2.05) is 13.8 Å². The molecule has 3 amide bonds. The fourth-order valence-electron chi connectivity index (χ4n) is 4.35. The second-order valence-corrected chi connectivity index (χ2v) is 9.74. The van der Waals surface area contributed by atoms with Crippen molar-refractivity contribution in [3.63, 3.8) is 0 Å². The highest BCUT2D eigenvalue weighted by Gasteiger charge is 2.33. The van der Waals surface area contributed by atoms with Gasteiger partial charge in [0, 0.05) is 30.5 Å². The highest BCUT2D eigenvalue weighted by molar-refractivity contribution is 6.01. The lowest BCUT2D eigenvalue weighted by Gasteiger charge is -2.31. The smallest absolute Gasteiger partial charge is 0.349 e. The van der Waals surface area contributed by atoms with E-state index >= 15 is 0 Å². The molecule has 1 aliphatic heterocycles. The quantitative estimate of drug-likeness (QED) is 0.453. The number of amides is 3. The molecule has 2 N–H and O–H groups in total. The fourth-order valence-corrected chi connectivity index (χ4v) is 4.35. The molecule has 0 unspecified atom stereocenters. The van der Waals surface area contributed by atoms with Crippen LogP contribution < -0.4 is 20.1 Å². The number of nitrogens with one attached hydrogen (secondary N) is 2. The van der Waals surface area contributed by atoms with Gasteiger partial charge in [0.25, 0.3) is 11.8 Å². The van der Waals surface area contributed by atoms with Gasteiger partial charge in [0.05, 0.1) is 33.0 Å². The minimum Gasteiger partial charge on any atom is -0.493 e. The summed E-state index contributed by atoms with van der Waals surface area (Å²) >= 11 is 0. The van der Waals surface area contributed by atoms with Gasteiger partial charge in [0.15, 0.2) is 17.1 Å². The van der Waals surface area contributed by atoms with Gasteiger partial charge in [-0.15, -0.1) is 0 Å². The van der Waals surface area contributed by atoms with Gasteiger partial charge < -0.3 is 29.7 Å².